The molecule has 0 bridgehead atoms. The van der Waals surface area contributed by atoms with Crippen LogP contribution in [0.25, 0.3) is 0 Å². The Kier molecular flexibility index (Phi) is 2.95. The number of ether oxygens (including phenoxy) is 2. The van der Waals surface area contributed by atoms with Gasteiger partial charge in [0.05, 0.1) is 25.4 Å². The average molecular weight is 233 g/mol. The maximum absolute atomic E-state index is 9.88. The van der Waals surface area contributed by atoms with Gasteiger partial charge >= 0.3 is 0 Å². The van der Waals surface area contributed by atoms with E-state index in [4.69, 9.17) is 14.7 Å². The van der Waals surface area contributed by atoms with Crippen LogP contribution in [0.3, 0.4) is 0 Å². The van der Waals surface area contributed by atoms with Crippen molar-refractivity contribution in [2.45, 2.75) is 24.9 Å². The Morgan fingerprint density at radius 1 is 1.35 bits per heavy atom. The molecule has 1 saturated carbocycles. The number of nitrogens with zero attached hydrogens (tertiary/aromatic N) is 1. The third-order valence-electron chi connectivity index (χ3n) is 3.02. The number of nitriles is 1. The lowest BCUT2D eigenvalue weighted by atomic mass is 10.0. The molecule has 4 heteroatoms. The molecule has 90 valence electrons. The van der Waals surface area contributed by atoms with Crippen molar-refractivity contribution in [3.8, 4) is 17.6 Å². The van der Waals surface area contributed by atoms with Crippen molar-refractivity contribution >= 4 is 0 Å². The summed E-state index contributed by atoms with van der Waals surface area (Å²) in [5.41, 5.74) is 0.761. The van der Waals surface area contributed by atoms with Crippen LogP contribution in [0.1, 0.15) is 24.0 Å². The number of hydrogen-bond acceptors (Lipinski definition) is 4. The van der Waals surface area contributed by atoms with E-state index in [9.17, 15) is 5.11 Å². The van der Waals surface area contributed by atoms with Gasteiger partial charge in [-0.3, -0.25) is 0 Å². The van der Waals surface area contributed by atoms with Crippen molar-refractivity contribution in [3.63, 3.8) is 0 Å². The van der Waals surface area contributed by atoms with Crippen LogP contribution in [-0.4, -0.2) is 24.9 Å². The molecule has 1 N–H and O–H groups in total. The van der Waals surface area contributed by atoms with Gasteiger partial charge in [0.25, 0.3) is 0 Å². The van der Waals surface area contributed by atoms with E-state index in [0.717, 1.165) is 18.4 Å². The highest BCUT2D eigenvalue weighted by atomic mass is 16.5. The van der Waals surface area contributed by atoms with Crippen LogP contribution in [0, 0.1) is 11.3 Å². The summed E-state index contributed by atoms with van der Waals surface area (Å²) < 4.78 is 10.3. The molecule has 0 unspecified atom stereocenters. The van der Waals surface area contributed by atoms with Crippen molar-refractivity contribution in [1.29, 1.82) is 5.26 Å². The van der Waals surface area contributed by atoms with Crippen LogP contribution in [0.4, 0.5) is 0 Å². The Bertz CT molecular complexity index is 472. The van der Waals surface area contributed by atoms with Crippen molar-refractivity contribution < 1.29 is 14.6 Å². The minimum absolute atomic E-state index is 0.436. The van der Waals surface area contributed by atoms with Crippen LogP contribution >= 0.6 is 0 Å². The predicted molar refractivity (Wildman–Crippen MR) is 62.1 cm³/mol. The van der Waals surface area contributed by atoms with Gasteiger partial charge in [-0.1, -0.05) is 0 Å². The van der Waals surface area contributed by atoms with Crippen molar-refractivity contribution in [2.24, 2.45) is 0 Å². The second-order valence-corrected chi connectivity index (χ2v) is 4.39. The molecular weight excluding hydrogens is 218 g/mol. The first kappa shape index (κ1) is 11.7. The first-order valence-electron chi connectivity index (χ1n) is 5.49. The second-order valence-electron chi connectivity index (χ2n) is 4.39. The summed E-state index contributed by atoms with van der Waals surface area (Å²) in [4.78, 5) is 0. The number of hydrogen-bond donors (Lipinski definition) is 1. The Hall–Kier alpha value is -1.73. The largest absolute Gasteiger partial charge is 0.493 e. The summed E-state index contributed by atoms with van der Waals surface area (Å²) in [6.07, 6.45) is 2.20. The highest BCUT2D eigenvalue weighted by Gasteiger charge is 2.40. The molecular formula is C13H15NO3. The first-order chi connectivity index (χ1) is 8.11. The van der Waals surface area contributed by atoms with E-state index >= 15 is 0 Å². The molecule has 17 heavy (non-hydrogen) atoms. The lowest BCUT2D eigenvalue weighted by Crippen LogP contribution is -2.11. The quantitative estimate of drug-likeness (QED) is 0.858. The van der Waals surface area contributed by atoms with Crippen molar-refractivity contribution in [2.75, 3.05) is 14.2 Å². The van der Waals surface area contributed by atoms with Crippen LogP contribution < -0.4 is 9.47 Å². The smallest absolute Gasteiger partial charge is 0.178 e. The number of rotatable bonds is 4. The summed E-state index contributed by atoms with van der Waals surface area (Å²) in [7, 11) is 3.04. The van der Waals surface area contributed by atoms with Gasteiger partial charge in [0, 0.05) is 6.42 Å². The van der Waals surface area contributed by atoms with Gasteiger partial charge in [-0.2, -0.15) is 5.26 Å². The molecule has 4 nitrogen and oxygen atoms in total. The highest BCUT2D eigenvalue weighted by molar-refractivity contribution is 5.55. The van der Waals surface area contributed by atoms with Gasteiger partial charge in [-0.05, 0) is 30.5 Å². The second kappa shape index (κ2) is 4.27. The average Bonchev–Trinajstić information content (AvgIpc) is 3.05. The summed E-state index contributed by atoms with van der Waals surface area (Å²) in [5, 5.41) is 18.9. The molecule has 2 rings (SSSR count). The molecule has 0 atom stereocenters. The third-order valence-corrected chi connectivity index (χ3v) is 3.02. The number of aliphatic hydroxyl groups is 1. The zero-order valence-corrected chi connectivity index (χ0v) is 9.99. The minimum atomic E-state index is -0.577. The van der Waals surface area contributed by atoms with E-state index in [2.05, 4.69) is 6.07 Å². The zero-order valence-electron chi connectivity index (χ0n) is 9.99. The minimum Gasteiger partial charge on any atom is -0.493 e. The van der Waals surface area contributed by atoms with Crippen molar-refractivity contribution in [3.05, 3.63) is 23.3 Å². The van der Waals surface area contributed by atoms with Crippen LogP contribution in [-0.2, 0) is 6.42 Å². The SMILES string of the molecule is COc1cc(CC2(O)CC2)cc(C#N)c1OC. The lowest BCUT2D eigenvalue weighted by Gasteiger charge is -2.13. The Labute approximate surface area is 100 Å². The standard InChI is InChI=1S/C13H15NO3/c1-16-11-6-9(7-13(15)3-4-13)5-10(8-14)12(11)17-2/h5-6,15H,3-4,7H2,1-2H3. The molecule has 0 aliphatic heterocycles. The molecule has 0 spiro atoms. The fraction of sp³-hybridized carbons (Fsp3) is 0.462. The monoisotopic (exact) mass is 233 g/mol. The summed E-state index contributed by atoms with van der Waals surface area (Å²) in [5.74, 6) is 0.979. The molecule has 1 aliphatic carbocycles. The molecule has 1 aliphatic rings. The Morgan fingerprint density at radius 3 is 2.53 bits per heavy atom. The van der Waals surface area contributed by atoms with Crippen LogP contribution in [0.15, 0.2) is 12.1 Å². The predicted octanol–water partition coefficient (Wildman–Crippen LogP) is 1.64. The van der Waals surface area contributed by atoms with Gasteiger partial charge in [0.1, 0.15) is 6.07 Å². The molecule has 0 radical (unpaired) electrons. The number of methoxy groups -OCH3 is 2. The van der Waals surface area contributed by atoms with E-state index in [1.807, 2.05) is 6.07 Å². The molecule has 0 heterocycles. The third kappa shape index (κ3) is 2.34. The van der Waals surface area contributed by atoms with Gasteiger partial charge in [-0.15, -0.1) is 0 Å². The van der Waals surface area contributed by atoms with E-state index in [0.29, 0.717) is 23.5 Å². The topological polar surface area (TPSA) is 62.5 Å². The maximum Gasteiger partial charge on any atom is 0.178 e. The molecule has 0 aromatic heterocycles. The first-order valence-corrected chi connectivity index (χ1v) is 5.49. The molecule has 1 fully saturated rings. The molecule has 0 saturated heterocycles. The Morgan fingerprint density at radius 2 is 2.06 bits per heavy atom. The van der Waals surface area contributed by atoms with Crippen LogP contribution in [0.5, 0.6) is 11.5 Å². The highest BCUT2D eigenvalue weighted by Crippen LogP contribution is 2.40. The maximum atomic E-state index is 9.88. The van der Waals surface area contributed by atoms with Gasteiger partial charge in [0.2, 0.25) is 0 Å². The molecule has 1 aromatic rings. The van der Waals surface area contributed by atoms with Crippen LogP contribution in [0.2, 0.25) is 0 Å². The fourth-order valence-corrected chi connectivity index (χ4v) is 1.91. The normalized spacial score (nSPS) is 16.1. The zero-order chi connectivity index (χ0) is 12.5. The number of benzene rings is 1. The molecule has 0 amide bonds. The van der Waals surface area contributed by atoms with E-state index in [1.54, 1.807) is 6.07 Å². The van der Waals surface area contributed by atoms with Crippen molar-refractivity contribution in [1.82, 2.24) is 0 Å². The van der Waals surface area contributed by atoms with Gasteiger partial charge in [0.15, 0.2) is 11.5 Å². The van der Waals surface area contributed by atoms with Gasteiger partial charge < -0.3 is 14.6 Å². The van der Waals surface area contributed by atoms with Gasteiger partial charge in [-0.25, -0.2) is 0 Å². The summed E-state index contributed by atoms with van der Waals surface area (Å²) in [6, 6.07) is 5.64. The van der Waals surface area contributed by atoms with E-state index in [1.165, 1.54) is 14.2 Å². The lowest BCUT2D eigenvalue weighted by molar-refractivity contribution is 0.151. The van der Waals surface area contributed by atoms with E-state index in [-0.39, 0.29) is 0 Å². The fourth-order valence-electron chi connectivity index (χ4n) is 1.91. The summed E-state index contributed by atoms with van der Waals surface area (Å²) in [6.45, 7) is 0. The Balaban J connectivity index is 2.38. The molecule has 1 aromatic carbocycles. The summed E-state index contributed by atoms with van der Waals surface area (Å²) >= 11 is 0. The van der Waals surface area contributed by atoms with E-state index < -0.39 is 5.60 Å².